The van der Waals surface area contributed by atoms with Crippen LogP contribution in [-0.2, 0) is 12.1 Å². The first-order chi connectivity index (χ1) is 12.7. The molecule has 3 heteroatoms. The van der Waals surface area contributed by atoms with Crippen molar-refractivity contribution in [2.45, 2.75) is 43.9 Å². The molecule has 0 amide bonds. The molecule has 2 aromatic carbocycles. The Bertz CT molecular complexity index is 680. The number of benzene rings is 2. The summed E-state index contributed by atoms with van der Waals surface area (Å²) >= 11 is 0. The molecule has 0 aromatic heterocycles. The van der Waals surface area contributed by atoms with Crippen LogP contribution in [-0.4, -0.2) is 47.1 Å². The van der Waals surface area contributed by atoms with E-state index in [1.54, 1.807) is 0 Å². The summed E-state index contributed by atoms with van der Waals surface area (Å²) < 4.78 is 0. The fraction of sp³-hybridized carbons (Fsp3) is 0.478. The number of aliphatic hydroxyl groups is 1. The Labute approximate surface area is 157 Å². The van der Waals surface area contributed by atoms with Crippen molar-refractivity contribution < 1.29 is 5.11 Å². The Balaban J connectivity index is 1.32. The zero-order valence-corrected chi connectivity index (χ0v) is 15.6. The molecule has 0 unspecified atom stereocenters. The second-order valence-corrected chi connectivity index (χ2v) is 7.95. The van der Waals surface area contributed by atoms with E-state index in [9.17, 15) is 5.11 Å². The van der Waals surface area contributed by atoms with Crippen LogP contribution >= 0.6 is 0 Å². The summed E-state index contributed by atoms with van der Waals surface area (Å²) in [6, 6.07) is 21.7. The topological polar surface area (TPSA) is 26.7 Å². The van der Waals surface area contributed by atoms with Crippen molar-refractivity contribution in [1.29, 1.82) is 0 Å². The highest BCUT2D eigenvalue weighted by Crippen LogP contribution is 2.33. The molecule has 0 bridgehead atoms. The average Bonchev–Trinajstić information content (AvgIpc) is 3.12. The summed E-state index contributed by atoms with van der Waals surface area (Å²) in [6.07, 6.45) is 4.27. The van der Waals surface area contributed by atoms with E-state index in [1.807, 2.05) is 18.2 Å². The molecule has 2 saturated heterocycles. The summed E-state index contributed by atoms with van der Waals surface area (Å²) in [5.41, 5.74) is 1.85. The quantitative estimate of drug-likeness (QED) is 0.892. The molecule has 0 aliphatic carbocycles. The number of likely N-dealkylation sites (tertiary alicyclic amines) is 2. The molecule has 2 aromatic rings. The Morgan fingerprint density at radius 3 is 2.23 bits per heavy atom. The highest BCUT2D eigenvalue weighted by molar-refractivity contribution is 5.23. The molecule has 0 radical (unpaired) electrons. The van der Waals surface area contributed by atoms with Gasteiger partial charge in [-0.05, 0) is 43.4 Å². The van der Waals surface area contributed by atoms with Crippen LogP contribution in [0.4, 0.5) is 0 Å². The normalized spacial score (nSPS) is 24.0. The zero-order valence-electron chi connectivity index (χ0n) is 15.6. The maximum atomic E-state index is 11.0. The maximum Gasteiger partial charge on any atom is 0.0920 e. The van der Waals surface area contributed by atoms with Gasteiger partial charge in [-0.1, -0.05) is 60.7 Å². The van der Waals surface area contributed by atoms with Crippen LogP contribution in [0.15, 0.2) is 60.7 Å². The van der Waals surface area contributed by atoms with Gasteiger partial charge in [-0.2, -0.15) is 0 Å². The summed E-state index contributed by atoms with van der Waals surface area (Å²) in [5, 5.41) is 11.0. The lowest BCUT2D eigenvalue weighted by atomic mass is 9.84. The Hall–Kier alpha value is -1.68. The van der Waals surface area contributed by atoms with E-state index in [-0.39, 0.29) is 0 Å². The second kappa shape index (κ2) is 7.91. The molecule has 2 fully saturated rings. The van der Waals surface area contributed by atoms with Gasteiger partial charge in [0.25, 0.3) is 0 Å². The average molecular weight is 351 g/mol. The van der Waals surface area contributed by atoms with E-state index in [2.05, 4.69) is 52.3 Å². The minimum Gasteiger partial charge on any atom is -0.385 e. The lowest BCUT2D eigenvalue weighted by molar-refractivity contribution is -0.0300. The standard InChI is InChI=1S/C23H30N2O/c26-23(21-10-5-2-6-11-21)13-16-24(17-14-23)19-22-12-7-15-25(22)18-20-8-3-1-4-9-20/h1-6,8-11,22,26H,7,12-19H2/t22-/m1/s1. The number of rotatable bonds is 5. The number of hydrogen-bond donors (Lipinski definition) is 1. The van der Waals surface area contributed by atoms with Crippen molar-refractivity contribution in [2.24, 2.45) is 0 Å². The van der Waals surface area contributed by atoms with Gasteiger partial charge in [0.15, 0.2) is 0 Å². The number of nitrogens with zero attached hydrogens (tertiary/aromatic N) is 2. The third-order valence-electron chi connectivity index (χ3n) is 6.19. The van der Waals surface area contributed by atoms with Gasteiger partial charge in [-0.25, -0.2) is 0 Å². The highest BCUT2D eigenvalue weighted by atomic mass is 16.3. The molecule has 3 nitrogen and oxygen atoms in total. The largest absolute Gasteiger partial charge is 0.385 e. The van der Waals surface area contributed by atoms with Crippen molar-refractivity contribution in [3.8, 4) is 0 Å². The molecule has 138 valence electrons. The number of piperidine rings is 1. The smallest absolute Gasteiger partial charge is 0.0920 e. The lowest BCUT2D eigenvalue weighted by Gasteiger charge is -2.40. The van der Waals surface area contributed by atoms with Crippen LogP contribution in [0.25, 0.3) is 0 Å². The van der Waals surface area contributed by atoms with Crippen LogP contribution in [0.5, 0.6) is 0 Å². The summed E-state index contributed by atoms with van der Waals surface area (Å²) in [7, 11) is 0. The van der Waals surface area contributed by atoms with Gasteiger partial charge in [-0.15, -0.1) is 0 Å². The first-order valence-corrected chi connectivity index (χ1v) is 10.0. The molecule has 0 saturated carbocycles. The lowest BCUT2D eigenvalue weighted by Crippen LogP contribution is -2.47. The summed E-state index contributed by atoms with van der Waals surface area (Å²) in [4.78, 5) is 5.21. The van der Waals surface area contributed by atoms with Crippen LogP contribution in [0.2, 0.25) is 0 Å². The minimum absolute atomic E-state index is 0.642. The van der Waals surface area contributed by atoms with E-state index in [0.717, 1.165) is 44.6 Å². The van der Waals surface area contributed by atoms with Gasteiger partial charge in [0.1, 0.15) is 0 Å². The molecule has 2 aliphatic heterocycles. The molecule has 26 heavy (non-hydrogen) atoms. The van der Waals surface area contributed by atoms with E-state index in [0.29, 0.717) is 6.04 Å². The van der Waals surface area contributed by atoms with Crippen molar-refractivity contribution >= 4 is 0 Å². The molecule has 2 aliphatic rings. The monoisotopic (exact) mass is 350 g/mol. The Morgan fingerprint density at radius 1 is 0.885 bits per heavy atom. The SMILES string of the molecule is OC1(c2ccccc2)CCN(C[C@H]2CCCN2Cc2ccccc2)CC1. The van der Waals surface area contributed by atoms with E-state index >= 15 is 0 Å². The molecule has 0 spiro atoms. The molecular weight excluding hydrogens is 320 g/mol. The zero-order chi connectivity index (χ0) is 17.8. The van der Waals surface area contributed by atoms with Crippen LogP contribution in [0.1, 0.15) is 36.8 Å². The molecule has 1 N–H and O–H groups in total. The van der Waals surface area contributed by atoms with Crippen molar-refractivity contribution in [1.82, 2.24) is 9.80 Å². The first kappa shape index (κ1) is 17.7. The Morgan fingerprint density at radius 2 is 1.54 bits per heavy atom. The van der Waals surface area contributed by atoms with Gasteiger partial charge in [0, 0.05) is 32.2 Å². The fourth-order valence-corrected chi connectivity index (χ4v) is 4.57. The van der Waals surface area contributed by atoms with Crippen LogP contribution < -0.4 is 0 Å². The van der Waals surface area contributed by atoms with E-state index < -0.39 is 5.60 Å². The number of hydrogen-bond acceptors (Lipinski definition) is 3. The van der Waals surface area contributed by atoms with Gasteiger partial charge in [0.05, 0.1) is 5.60 Å². The van der Waals surface area contributed by atoms with Gasteiger partial charge >= 0.3 is 0 Å². The summed E-state index contributed by atoms with van der Waals surface area (Å²) in [6.45, 7) is 5.38. The second-order valence-electron chi connectivity index (χ2n) is 7.95. The van der Waals surface area contributed by atoms with E-state index in [1.165, 1.54) is 24.9 Å². The highest BCUT2D eigenvalue weighted by Gasteiger charge is 2.35. The van der Waals surface area contributed by atoms with Crippen molar-refractivity contribution in [3.05, 3.63) is 71.8 Å². The van der Waals surface area contributed by atoms with Crippen LogP contribution in [0, 0.1) is 0 Å². The summed E-state index contributed by atoms with van der Waals surface area (Å²) in [5.74, 6) is 0. The molecular formula is C23H30N2O. The fourth-order valence-electron chi connectivity index (χ4n) is 4.57. The molecule has 1 atom stereocenters. The maximum absolute atomic E-state index is 11.0. The van der Waals surface area contributed by atoms with E-state index in [4.69, 9.17) is 0 Å². The third kappa shape index (κ3) is 4.01. The first-order valence-electron chi connectivity index (χ1n) is 10.0. The predicted octanol–water partition coefficient (Wildman–Crippen LogP) is 3.63. The van der Waals surface area contributed by atoms with Crippen LogP contribution in [0.3, 0.4) is 0 Å². The minimum atomic E-state index is -0.642. The Kier molecular flexibility index (Phi) is 5.39. The van der Waals surface area contributed by atoms with Crippen molar-refractivity contribution in [2.75, 3.05) is 26.2 Å². The van der Waals surface area contributed by atoms with Gasteiger partial charge in [0.2, 0.25) is 0 Å². The van der Waals surface area contributed by atoms with Gasteiger partial charge < -0.3 is 10.0 Å². The van der Waals surface area contributed by atoms with Gasteiger partial charge in [-0.3, -0.25) is 4.90 Å². The molecule has 2 heterocycles. The third-order valence-corrected chi connectivity index (χ3v) is 6.19. The predicted molar refractivity (Wildman–Crippen MR) is 106 cm³/mol. The molecule has 4 rings (SSSR count). The van der Waals surface area contributed by atoms with Crippen molar-refractivity contribution in [3.63, 3.8) is 0 Å².